The first-order chi connectivity index (χ1) is 5.79. The molecule has 1 aromatic heterocycles. The molecule has 0 aliphatic heterocycles. The molecular weight excluding hydrogens is 158 g/mol. The molecule has 0 radical (unpaired) electrons. The number of aliphatic hydroxyl groups excluding tert-OH is 1. The van der Waals surface area contributed by atoms with Crippen LogP contribution in [0.3, 0.4) is 0 Å². The number of hydrogen-bond acceptors (Lipinski definition) is 4. The second-order valence-corrected chi connectivity index (χ2v) is 2.45. The Morgan fingerprint density at radius 3 is 3.08 bits per heavy atom. The first-order valence-corrected chi connectivity index (χ1v) is 3.85. The second-order valence-electron chi connectivity index (χ2n) is 2.45. The van der Waals surface area contributed by atoms with Crippen LogP contribution in [0.4, 0.5) is 0 Å². The smallest absolute Gasteiger partial charge is 0.120 e. The Morgan fingerprint density at radius 1 is 1.75 bits per heavy atom. The number of rotatable bonds is 4. The Hall–Kier alpha value is -0.940. The Morgan fingerprint density at radius 2 is 2.50 bits per heavy atom. The topological polar surface area (TPSA) is 60.2 Å². The van der Waals surface area contributed by atoms with Gasteiger partial charge in [0.25, 0.3) is 0 Å². The number of methoxy groups -OCH3 is 1. The number of aliphatic hydroxyl groups is 1. The number of hydrogen-bond donors (Lipinski definition) is 1. The predicted octanol–water partition coefficient (Wildman–Crippen LogP) is -0.0222. The van der Waals surface area contributed by atoms with Crippen molar-refractivity contribution in [3.63, 3.8) is 0 Å². The van der Waals surface area contributed by atoms with E-state index >= 15 is 0 Å². The molecule has 0 saturated carbocycles. The zero-order valence-corrected chi connectivity index (χ0v) is 7.27. The van der Waals surface area contributed by atoms with Gasteiger partial charge in [-0.05, 0) is 6.92 Å². The molecule has 1 rings (SSSR count). The zero-order chi connectivity index (χ0) is 8.97. The standard InChI is InChI=1S/C7H13N3O2/c1-3-10-6(4-8-9-10)7(11)5-12-2/h4,7,11H,3,5H2,1-2H3/t7-/m0/s1. The van der Waals surface area contributed by atoms with Gasteiger partial charge in [-0.15, -0.1) is 5.10 Å². The van der Waals surface area contributed by atoms with E-state index in [0.717, 1.165) is 0 Å². The van der Waals surface area contributed by atoms with Crippen molar-refractivity contribution in [2.45, 2.75) is 19.6 Å². The minimum atomic E-state index is -0.634. The molecule has 0 aliphatic rings. The van der Waals surface area contributed by atoms with E-state index in [2.05, 4.69) is 10.3 Å². The van der Waals surface area contributed by atoms with Crippen molar-refractivity contribution in [2.24, 2.45) is 0 Å². The van der Waals surface area contributed by atoms with Gasteiger partial charge in [-0.1, -0.05) is 5.21 Å². The second kappa shape index (κ2) is 4.18. The van der Waals surface area contributed by atoms with Crippen molar-refractivity contribution in [3.8, 4) is 0 Å². The van der Waals surface area contributed by atoms with Crippen LogP contribution in [-0.4, -0.2) is 33.8 Å². The molecule has 1 atom stereocenters. The zero-order valence-electron chi connectivity index (χ0n) is 7.27. The molecule has 5 heteroatoms. The van der Waals surface area contributed by atoms with Crippen LogP contribution in [0.2, 0.25) is 0 Å². The molecule has 1 aromatic rings. The van der Waals surface area contributed by atoms with Gasteiger partial charge in [0.15, 0.2) is 0 Å². The molecule has 0 fully saturated rings. The third-order valence-corrected chi connectivity index (χ3v) is 1.61. The molecule has 1 N–H and O–H groups in total. The van der Waals surface area contributed by atoms with E-state index < -0.39 is 6.10 Å². The summed E-state index contributed by atoms with van der Waals surface area (Å²) in [6, 6.07) is 0. The number of aryl methyl sites for hydroxylation is 1. The van der Waals surface area contributed by atoms with E-state index in [0.29, 0.717) is 12.2 Å². The summed E-state index contributed by atoms with van der Waals surface area (Å²) < 4.78 is 6.45. The van der Waals surface area contributed by atoms with Crippen LogP contribution in [0, 0.1) is 0 Å². The SMILES string of the molecule is CCn1nncc1[C@@H](O)COC. The molecule has 0 amide bonds. The number of ether oxygens (including phenoxy) is 1. The molecule has 0 unspecified atom stereocenters. The lowest BCUT2D eigenvalue weighted by molar-refractivity contribution is 0.0587. The largest absolute Gasteiger partial charge is 0.384 e. The summed E-state index contributed by atoms with van der Waals surface area (Å²) in [5.74, 6) is 0. The van der Waals surface area contributed by atoms with Gasteiger partial charge in [0.05, 0.1) is 18.5 Å². The van der Waals surface area contributed by atoms with Crippen molar-refractivity contribution < 1.29 is 9.84 Å². The van der Waals surface area contributed by atoms with Crippen LogP contribution < -0.4 is 0 Å². The fraction of sp³-hybridized carbons (Fsp3) is 0.714. The van der Waals surface area contributed by atoms with Crippen molar-refractivity contribution >= 4 is 0 Å². The van der Waals surface area contributed by atoms with Gasteiger partial charge < -0.3 is 9.84 Å². The Labute approximate surface area is 71.0 Å². The van der Waals surface area contributed by atoms with Crippen molar-refractivity contribution in [1.29, 1.82) is 0 Å². The van der Waals surface area contributed by atoms with Crippen molar-refractivity contribution in [2.75, 3.05) is 13.7 Å². The van der Waals surface area contributed by atoms with Gasteiger partial charge in [0, 0.05) is 13.7 Å². The maximum Gasteiger partial charge on any atom is 0.120 e. The van der Waals surface area contributed by atoms with Crippen LogP contribution >= 0.6 is 0 Å². The summed E-state index contributed by atoms with van der Waals surface area (Å²) in [7, 11) is 1.54. The Bertz CT molecular complexity index is 236. The van der Waals surface area contributed by atoms with E-state index in [1.165, 1.54) is 0 Å². The van der Waals surface area contributed by atoms with E-state index in [4.69, 9.17) is 4.74 Å². The third kappa shape index (κ3) is 1.80. The highest BCUT2D eigenvalue weighted by atomic mass is 16.5. The van der Waals surface area contributed by atoms with Crippen LogP contribution in [0.25, 0.3) is 0 Å². The lowest BCUT2D eigenvalue weighted by Gasteiger charge is -2.09. The minimum Gasteiger partial charge on any atom is -0.384 e. The third-order valence-electron chi connectivity index (χ3n) is 1.61. The molecular formula is C7H13N3O2. The van der Waals surface area contributed by atoms with E-state index in [1.807, 2.05) is 6.92 Å². The van der Waals surface area contributed by atoms with Gasteiger partial charge in [-0.3, -0.25) is 0 Å². The van der Waals surface area contributed by atoms with Gasteiger partial charge >= 0.3 is 0 Å². The van der Waals surface area contributed by atoms with Gasteiger partial charge in [0.1, 0.15) is 6.10 Å². The van der Waals surface area contributed by atoms with Crippen molar-refractivity contribution in [1.82, 2.24) is 15.0 Å². The highest BCUT2D eigenvalue weighted by Gasteiger charge is 2.12. The average Bonchev–Trinajstić information content (AvgIpc) is 2.51. The number of nitrogens with zero attached hydrogens (tertiary/aromatic N) is 3. The summed E-state index contributed by atoms with van der Waals surface area (Å²) in [6.45, 7) is 2.92. The quantitative estimate of drug-likeness (QED) is 0.691. The van der Waals surface area contributed by atoms with Crippen LogP contribution in [0.1, 0.15) is 18.7 Å². The molecule has 12 heavy (non-hydrogen) atoms. The summed E-state index contributed by atoms with van der Waals surface area (Å²) in [5, 5.41) is 17.0. The van der Waals surface area contributed by atoms with E-state index in [9.17, 15) is 5.11 Å². The summed E-state index contributed by atoms with van der Waals surface area (Å²) >= 11 is 0. The molecule has 0 saturated heterocycles. The molecule has 68 valence electrons. The minimum absolute atomic E-state index is 0.271. The molecule has 1 heterocycles. The Balaban J connectivity index is 2.71. The van der Waals surface area contributed by atoms with E-state index in [-0.39, 0.29) is 6.61 Å². The summed E-state index contributed by atoms with van der Waals surface area (Å²) in [6.07, 6.45) is 0.914. The fourth-order valence-corrected chi connectivity index (χ4v) is 1.01. The number of aromatic nitrogens is 3. The molecule has 0 aromatic carbocycles. The predicted molar refractivity (Wildman–Crippen MR) is 42.5 cm³/mol. The molecule has 0 spiro atoms. The van der Waals surface area contributed by atoms with Gasteiger partial charge in [-0.2, -0.15) is 0 Å². The first kappa shape index (κ1) is 9.15. The Kier molecular flexibility index (Phi) is 3.19. The maximum absolute atomic E-state index is 9.50. The maximum atomic E-state index is 9.50. The van der Waals surface area contributed by atoms with Gasteiger partial charge in [0.2, 0.25) is 0 Å². The monoisotopic (exact) mass is 171 g/mol. The molecule has 0 bridgehead atoms. The van der Waals surface area contributed by atoms with Crippen LogP contribution in [-0.2, 0) is 11.3 Å². The van der Waals surface area contributed by atoms with Crippen LogP contribution in [0.15, 0.2) is 6.20 Å². The van der Waals surface area contributed by atoms with Crippen LogP contribution in [0.5, 0.6) is 0 Å². The average molecular weight is 171 g/mol. The molecule has 5 nitrogen and oxygen atoms in total. The highest BCUT2D eigenvalue weighted by molar-refractivity contribution is 4.98. The molecule has 0 aliphatic carbocycles. The lowest BCUT2D eigenvalue weighted by atomic mass is 10.3. The lowest BCUT2D eigenvalue weighted by Crippen LogP contribution is -2.11. The first-order valence-electron chi connectivity index (χ1n) is 3.85. The van der Waals surface area contributed by atoms with E-state index in [1.54, 1.807) is 18.0 Å². The van der Waals surface area contributed by atoms with Gasteiger partial charge in [-0.25, -0.2) is 4.68 Å². The van der Waals surface area contributed by atoms with Crippen molar-refractivity contribution in [3.05, 3.63) is 11.9 Å². The fourth-order valence-electron chi connectivity index (χ4n) is 1.01. The highest BCUT2D eigenvalue weighted by Crippen LogP contribution is 2.10. The normalized spacial score (nSPS) is 13.2. The summed E-state index contributed by atoms with van der Waals surface area (Å²) in [5.41, 5.74) is 0.694. The summed E-state index contributed by atoms with van der Waals surface area (Å²) in [4.78, 5) is 0.